The minimum absolute atomic E-state index is 0.117. The fourth-order valence-corrected chi connectivity index (χ4v) is 4.78. The quantitative estimate of drug-likeness (QED) is 0.409. The van der Waals surface area contributed by atoms with Crippen LogP contribution >= 0.6 is 11.8 Å². The zero-order valence-corrected chi connectivity index (χ0v) is 20.9. The van der Waals surface area contributed by atoms with E-state index in [1.54, 1.807) is 54.8 Å². The van der Waals surface area contributed by atoms with E-state index in [1.165, 1.54) is 19.3 Å². The number of hydrogen-bond acceptors (Lipinski definition) is 5. The predicted octanol–water partition coefficient (Wildman–Crippen LogP) is 5.80. The van der Waals surface area contributed by atoms with Gasteiger partial charge in [-0.1, -0.05) is 6.07 Å². The highest BCUT2D eigenvalue weighted by Gasteiger charge is 2.36. The summed E-state index contributed by atoms with van der Waals surface area (Å²) in [5, 5.41) is 2.04. The van der Waals surface area contributed by atoms with Gasteiger partial charge in [-0.25, -0.2) is 0 Å². The summed E-state index contributed by atoms with van der Waals surface area (Å²) in [6.45, 7) is 2.99. The lowest BCUT2D eigenvalue weighted by Crippen LogP contribution is -2.36. The van der Waals surface area contributed by atoms with E-state index in [1.807, 2.05) is 0 Å². The van der Waals surface area contributed by atoms with Gasteiger partial charge in [0, 0.05) is 22.8 Å². The van der Waals surface area contributed by atoms with Crippen LogP contribution in [0.4, 0.5) is 23.7 Å². The number of aryl methyl sites for hydroxylation is 1. The number of methoxy groups -OCH3 is 1. The molecule has 1 N–H and O–H groups in total. The topological polar surface area (TPSA) is 80.6 Å². The van der Waals surface area contributed by atoms with Crippen LogP contribution < -0.4 is 10.1 Å². The lowest BCUT2D eigenvalue weighted by Gasteiger charge is -2.13. The van der Waals surface area contributed by atoms with Crippen molar-refractivity contribution < 1.29 is 32.3 Å². The SMILES string of the molecule is COc1ccc(NC(=O)CN2C(=O)S/C(=C\c3cc(C)n(-c4cccc(C(F)(F)F)c4)c3C)C2=O)cc1. The fraction of sp³-hybridized carbons (Fsp3) is 0.192. The number of rotatable bonds is 6. The number of benzene rings is 2. The molecule has 1 aromatic heterocycles. The third-order valence-corrected chi connectivity index (χ3v) is 6.65. The number of ether oxygens (including phenoxy) is 1. The number of alkyl halides is 3. The summed E-state index contributed by atoms with van der Waals surface area (Å²) < 4.78 is 46.3. The molecule has 1 fully saturated rings. The van der Waals surface area contributed by atoms with Gasteiger partial charge in [0.25, 0.3) is 11.1 Å². The lowest BCUT2D eigenvalue weighted by atomic mass is 10.2. The van der Waals surface area contributed by atoms with Crippen LogP contribution in [-0.2, 0) is 15.8 Å². The fourth-order valence-electron chi connectivity index (χ4n) is 3.95. The molecule has 0 radical (unpaired) electrons. The normalized spacial score (nSPS) is 15.0. The zero-order valence-electron chi connectivity index (χ0n) is 20.1. The molecule has 0 saturated carbocycles. The predicted molar refractivity (Wildman–Crippen MR) is 135 cm³/mol. The van der Waals surface area contributed by atoms with Crippen LogP contribution in [0.5, 0.6) is 5.75 Å². The highest BCUT2D eigenvalue weighted by molar-refractivity contribution is 8.18. The van der Waals surface area contributed by atoms with E-state index in [2.05, 4.69) is 5.32 Å². The average molecular weight is 530 g/mol. The van der Waals surface area contributed by atoms with Gasteiger partial charge in [-0.05, 0) is 85.8 Å². The van der Waals surface area contributed by atoms with Crippen LogP contribution in [0.2, 0.25) is 0 Å². The minimum atomic E-state index is -4.48. The largest absolute Gasteiger partial charge is 0.497 e. The number of imide groups is 1. The summed E-state index contributed by atoms with van der Waals surface area (Å²) in [6, 6.07) is 13.3. The molecule has 1 aliphatic rings. The van der Waals surface area contributed by atoms with Gasteiger partial charge in [-0.2, -0.15) is 13.2 Å². The lowest BCUT2D eigenvalue weighted by molar-refractivity contribution is -0.137. The Hall–Kier alpha value is -3.99. The van der Waals surface area contributed by atoms with Gasteiger partial charge in [-0.15, -0.1) is 0 Å². The number of aromatic nitrogens is 1. The van der Waals surface area contributed by atoms with Crippen LogP contribution in [0.25, 0.3) is 11.8 Å². The number of carbonyl (C=O) groups excluding carboxylic acids is 3. The maximum absolute atomic E-state index is 13.2. The molecule has 0 spiro atoms. The van der Waals surface area contributed by atoms with E-state index in [9.17, 15) is 27.6 Å². The Kier molecular flexibility index (Phi) is 7.17. The Bertz CT molecular complexity index is 1410. The van der Waals surface area contributed by atoms with Crippen molar-refractivity contribution in [3.05, 3.63) is 82.0 Å². The van der Waals surface area contributed by atoms with Crippen LogP contribution in [0.1, 0.15) is 22.5 Å². The molecular weight excluding hydrogens is 507 g/mol. The first kappa shape index (κ1) is 26.1. The molecule has 0 bridgehead atoms. The van der Waals surface area contributed by atoms with Crippen molar-refractivity contribution >= 4 is 40.6 Å². The van der Waals surface area contributed by atoms with E-state index in [-0.39, 0.29) is 4.91 Å². The molecule has 0 aliphatic carbocycles. The van der Waals surface area contributed by atoms with Gasteiger partial charge in [0.1, 0.15) is 12.3 Å². The maximum atomic E-state index is 13.2. The second kappa shape index (κ2) is 10.2. The van der Waals surface area contributed by atoms with Crippen molar-refractivity contribution in [2.24, 2.45) is 0 Å². The number of hydrogen-bond donors (Lipinski definition) is 1. The van der Waals surface area contributed by atoms with Crippen molar-refractivity contribution in [1.82, 2.24) is 9.47 Å². The van der Waals surface area contributed by atoms with E-state index in [0.717, 1.165) is 17.0 Å². The highest BCUT2D eigenvalue weighted by atomic mass is 32.2. The highest BCUT2D eigenvalue weighted by Crippen LogP contribution is 2.35. The molecular formula is C26H22F3N3O4S. The van der Waals surface area contributed by atoms with Crippen molar-refractivity contribution in [3.63, 3.8) is 0 Å². The number of nitrogens with one attached hydrogen (secondary N) is 1. The monoisotopic (exact) mass is 529 g/mol. The van der Waals surface area contributed by atoms with Crippen LogP contribution in [-0.4, -0.2) is 40.2 Å². The number of nitrogens with zero attached hydrogens (tertiary/aromatic N) is 2. The van der Waals surface area contributed by atoms with Crippen molar-refractivity contribution in [2.75, 3.05) is 19.0 Å². The molecule has 7 nitrogen and oxygen atoms in total. The molecule has 2 aromatic carbocycles. The average Bonchev–Trinajstić information content (AvgIpc) is 3.27. The van der Waals surface area contributed by atoms with Crippen molar-refractivity contribution in [3.8, 4) is 11.4 Å². The van der Waals surface area contributed by atoms with Gasteiger partial charge in [0.2, 0.25) is 5.91 Å². The van der Waals surface area contributed by atoms with Crippen LogP contribution in [0.3, 0.4) is 0 Å². The summed E-state index contributed by atoms with van der Waals surface area (Å²) >= 11 is 0.699. The van der Waals surface area contributed by atoms with E-state index in [4.69, 9.17) is 4.74 Å². The van der Waals surface area contributed by atoms with Gasteiger partial charge in [-0.3, -0.25) is 19.3 Å². The van der Waals surface area contributed by atoms with Crippen LogP contribution in [0, 0.1) is 13.8 Å². The number of halogens is 3. The third-order valence-electron chi connectivity index (χ3n) is 5.74. The number of amides is 3. The zero-order chi connectivity index (χ0) is 26.9. The number of carbonyl (C=O) groups is 3. The van der Waals surface area contributed by atoms with E-state index >= 15 is 0 Å². The first-order valence-corrected chi connectivity index (χ1v) is 11.9. The molecule has 37 heavy (non-hydrogen) atoms. The van der Waals surface area contributed by atoms with E-state index in [0.29, 0.717) is 45.8 Å². The number of anilines is 1. The second-order valence-corrected chi connectivity index (χ2v) is 9.25. The molecule has 3 amide bonds. The standard InChI is InChI=1S/C26H22F3N3O4S/c1-15-11-17(16(2)32(15)20-6-4-5-18(13-20)26(27,28)29)12-22-24(34)31(25(35)37-22)14-23(33)30-19-7-9-21(36-3)10-8-19/h4-13H,14H2,1-3H3,(H,30,33)/b22-12-. The van der Waals surface area contributed by atoms with E-state index < -0.39 is 35.3 Å². The third kappa shape index (κ3) is 5.56. The minimum Gasteiger partial charge on any atom is -0.497 e. The Balaban J connectivity index is 1.53. The Labute approximate surface area is 214 Å². The van der Waals surface area contributed by atoms with Crippen LogP contribution in [0.15, 0.2) is 59.5 Å². The molecule has 192 valence electrons. The second-order valence-electron chi connectivity index (χ2n) is 8.25. The van der Waals surface area contributed by atoms with Gasteiger partial charge >= 0.3 is 6.18 Å². The first-order valence-electron chi connectivity index (χ1n) is 11.0. The Morgan fingerprint density at radius 2 is 1.78 bits per heavy atom. The summed E-state index contributed by atoms with van der Waals surface area (Å²) in [6.07, 6.45) is -2.97. The summed E-state index contributed by atoms with van der Waals surface area (Å²) in [7, 11) is 1.52. The molecule has 1 aliphatic heterocycles. The molecule has 4 rings (SSSR count). The van der Waals surface area contributed by atoms with Gasteiger partial charge < -0.3 is 14.6 Å². The Morgan fingerprint density at radius 1 is 1.08 bits per heavy atom. The summed E-state index contributed by atoms with van der Waals surface area (Å²) in [5.74, 6) is -0.554. The van der Waals surface area contributed by atoms with Crippen molar-refractivity contribution in [2.45, 2.75) is 20.0 Å². The molecule has 0 atom stereocenters. The molecule has 11 heteroatoms. The smallest absolute Gasteiger partial charge is 0.416 e. The molecule has 0 unspecified atom stereocenters. The molecule has 3 aromatic rings. The summed E-state index contributed by atoms with van der Waals surface area (Å²) in [4.78, 5) is 38.8. The van der Waals surface area contributed by atoms with Gasteiger partial charge in [0.05, 0.1) is 17.6 Å². The molecule has 2 heterocycles. The molecule has 1 saturated heterocycles. The van der Waals surface area contributed by atoms with Gasteiger partial charge in [0.15, 0.2) is 0 Å². The van der Waals surface area contributed by atoms with Crippen molar-refractivity contribution in [1.29, 1.82) is 0 Å². The maximum Gasteiger partial charge on any atom is 0.416 e. The Morgan fingerprint density at radius 3 is 2.43 bits per heavy atom. The summed E-state index contributed by atoms with van der Waals surface area (Å²) in [5.41, 5.74) is 1.86. The number of thioether (sulfide) groups is 1. The first-order chi connectivity index (χ1) is 17.5.